The maximum atomic E-state index is 13.7. The Bertz CT molecular complexity index is 1170. The van der Waals surface area contributed by atoms with Crippen LogP contribution in [0.3, 0.4) is 0 Å². The van der Waals surface area contributed by atoms with E-state index in [4.69, 9.17) is 0 Å². The van der Waals surface area contributed by atoms with Gasteiger partial charge in [-0.25, -0.2) is 9.59 Å². The number of carbonyl (C=O) groups is 2. The molecule has 0 bridgehead atoms. The van der Waals surface area contributed by atoms with Crippen LogP contribution in [0.4, 0.5) is 32.3 Å². The third-order valence-electron chi connectivity index (χ3n) is 11.3. The summed E-state index contributed by atoms with van der Waals surface area (Å²) in [7, 11) is 8.12. The zero-order valence-electron chi connectivity index (χ0n) is 35.3. The lowest BCUT2D eigenvalue weighted by Gasteiger charge is -2.35. The van der Waals surface area contributed by atoms with Crippen LogP contribution in [0.1, 0.15) is 142 Å². The molecule has 8 heteroatoms. The zero-order valence-corrected chi connectivity index (χ0v) is 35.3. The predicted molar refractivity (Wildman–Crippen MR) is 233 cm³/mol. The Balaban J connectivity index is 1.56. The highest BCUT2D eigenvalue weighted by molar-refractivity contribution is 5.90. The number of amides is 4. The summed E-state index contributed by atoms with van der Waals surface area (Å²) in [5.41, 5.74) is 3.93. The lowest BCUT2D eigenvalue weighted by molar-refractivity contribution is 0.159. The van der Waals surface area contributed by atoms with Gasteiger partial charge in [-0.2, -0.15) is 0 Å². The first-order valence-corrected chi connectivity index (χ1v) is 21.9. The number of nitrogens with one attached hydrogen (secondary N) is 2. The summed E-state index contributed by atoms with van der Waals surface area (Å²) in [4.78, 5) is 35.7. The molecule has 1 aliphatic carbocycles. The summed E-state index contributed by atoms with van der Waals surface area (Å²) < 4.78 is 0. The van der Waals surface area contributed by atoms with Crippen molar-refractivity contribution in [2.45, 2.75) is 142 Å². The summed E-state index contributed by atoms with van der Waals surface area (Å²) in [5.74, 6) is 0.977. The van der Waals surface area contributed by atoms with Gasteiger partial charge in [0.15, 0.2) is 0 Å². The van der Waals surface area contributed by atoms with Crippen LogP contribution in [0.25, 0.3) is 0 Å². The monoisotopic (exact) mass is 747 g/mol. The number of rotatable bonds is 26. The second-order valence-electron chi connectivity index (χ2n) is 16.5. The van der Waals surface area contributed by atoms with Crippen molar-refractivity contribution < 1.29 is 9.59 Å². The Morgan fingerprint density at radius 3 is 1.07 bits per heavy atom. The van der Waals surface area contributed by atoms with Crippen LogP contribution in [-0.4, -0.2) is 76.2 Å². The molecule has 3 rings (SSSR count). The second kappa shape index (κ2) is 26.4. The summed E-state index contributed by atoms with van der Waals surface area (Å²) in [6.07, 6.45) is 24.5. The Morgan fingerprint density at radius 1 is 0.481 bits per heavy atom. The van der Waals surface area contributed by atoms with E-state index in [1.807, 2.05) is 52.5 Å². The fourth-order valence-corrected chi connectivity index (χ4v) is 7.74. The van der Waals surface area contributed by atoms with Crippen molar-refractivity contribution in [3.8, 4) is 0 Å². The number of nitrogens with zero attached hydrogens (tertiary/aromatic N) is 4. The number of anilines is 4. The van der Waals surface area contributed by atoms with Gasteiger partial charge < -0.3 is 30.2 Å². The van der Waals surface area contributed by atoms with Crippen LogP contribution < -0.4 is 20.4 Å². The van der Waals surface area contributed by atoms with Crippen molar-refractivity contribution in [1.29, 1.82) is 0 Å². The zero-order chi connectivity index (χ0) is 39.0. The Labute approximate surface area is 330 Å². The summed E-state index contributed by atoms with van der Waals surface area (Å²) in [5, 5.41) is 6.41. The quantitative estimate of drug-likeness (QED) is 0.0940. The molecule has 304 valence electrons. The fraction of sp³-hybridized carbons (Fsp3) is 0.696. The van der Waals surface area contributed by atoms with Gasteiger partial charge in [-0.3, -0.25) is 0 Å². The minimum Gasteiger partial charge on any atom is -0.378 e. The van der Waals surface area contributed by atoms with Gasteiger partial charge in [0.2, 0.25) is 0 Å². The highest BCUT2D eigenvalue weighted by atomic mass is 16.2. The van der Waals surface area contributed by atoms with Gasteiger partial charge in [0, 0.05) is 77.1 Å². The van der Waals surface area contributed by atoms with Crippen molar-refractivity contribution >= 4 is 34.8 Å². The van der Waals surface area contributed by atoms with E-state index >= 15 is 0 Å². The minimum atomic E-state index is 0.0181. The van der Waals surface area contributed by atoms with E-state index in [0.29, 0.717) is 11.8 Å². The summed E-state index contributed by atoms with van der Waals surface area (Å²) >= 11 is 0. The molecule has 0 spiro atoms. The van der Waals surface area contributed by atoms with E-state index in [1.165, 1.54) is 89.9 Å². The van der Waals surface area contributed by atoms with Crippen molar-refractivity contribution in [1.82, 2.24) is 9.80 Å². The van der Waals surface area contributed by atoms with Crippen molar-refractivity contribution in [3.63, 3.8) is 0 Å². The van der Waals surface area contributed by atoms with Gasteiger partial charge in [-0.1, -0.05) is 104 Å². The maximum Gasteiger partial charge on any atom is 0.321 e. The Morgan fingerprint density at radius 2 is 0.778 bits per heavy atom. The van der Waals surface area contributed by atoms with Crippen LogP contribution in [0.15, 0.2) is 48.5 Å². The first-order chi connectivity index (χ1) is 26.2. The number of hydrogen-bond donors (Lipinski definition) is 2. The molecule has 8 nitrogen and oxygen atoms in total. The maximum absolute atomic E-state index is 13.7. The highest BCUT2D eigenvalue weighted by Crippen LogP contribution is 2.31. The van der Waals surface area contributed by atoms with Gasteiger partial charge in [-0.05, 0) is 98.9 Å². The molecular weight excluding hydrogens is 669 g/mol. The van der Waals surface area contributed by atoms with E-state index in [9.17, 15) is 9.59 Å². The molecule has 0 heterocycles. The van der Waals surface area contributed by atoms with Crippen LogP contribution in [0.5, 0.6) is 0 Å². The van der Waals surface area contributed by atoms with E-state index in [2.05, 4.69) is 68.3 Å². The Hall–Kier alpha value is -3.42. The minimum absolute atomic E-state index is 0.0181. The van der Waals surface area contributed by atoms with Crippen molar-refractivity contribution in [2.75, 3.05) is 74.8 Å². The lowest BCUT2D eigenvalue weighted by atomic mass is 9.81. The first kappa shape index (κ1) is 45.0. The highest BCUT2D eigenvalue weighted by Gasteiger charge is 2.27. The van der Waals surface area contributed by atoms with Gasteiger partial charge in [0.25, 0.3) is 0 Å². The smallest absolute Gasteiger partial charge is 0.321 e. The second-order valence-corrected chi connectivity index (χ2v) is 16.5. The average Bonchev–Trinajstić information content (AvgIpc) is 3.17. The summed E-state index contributed by atoms with van der Waals surface area (Å²) in [6.45, 7) is 7.74. The number of benzene rings is 2. The number of carbonyl (C=O) groups excluding carboxylic acids is 2. The molecule has 0 aliphatic heterocycles. The van der Waals surface area contributed by atoms with Crippen LogP contribution >= 0.6 is 0 Å². The molecule has 0 radical (unpaired) electrons. The molecule has 1 aliphatic rings. The van der Waals surface area contributed by atoms with Crippen molar-refractivity contribution in [2.24, 2.45) is 11.8 Å². The van der Waals surface area contributed by atoms with Gasteiger partial charge in [0.1, 0.15) is 0 Å². The van der Waals surface area contributed by atoms with Crippen LogP contribution in [-0.2, 0) is 0 Å². The number of urea groups is 2. The summed E-state index contributed by atoms with van der Waals surface area (Å²) in [6, 6.07) is 16.3. The molecule has 4 amide bonds. The van der Waals surface area contributed by atoms with Crippen LogP contribution in [0, 0.1) is 11.8 Å². The van der Waals surface area contributed by atoms with E-state index < -0.39 is 0 Å². The van der Waals surface area contributed by atoms with Gasteiger partial charge in [-0.15, -0.1) is 0 Å². The van der Waals surface area contributed by atoms with E-state index in [0.717, 1.165) is 87.5 Å². The van der Waals surface area contributed by atoms with E-state index in [1.54, 1.807) is 0 Å². The molecule has 0 aromatic heterocycles. The molecule has 54 heavy (non-hydrogen) atoms. The molecular formula is C46H78N6O2. The molecule has 0 saturated heterocycles. The normalized spacial score (nSPS) is 15.4. The number of unbranched alkanes of at least 4 members (excludes halogenated alkanes) is 14. The Kier molecular flexibility index (Phi) is 22.0. The molecule has 1 fully saturated rings. The van der Waals surface area contributed by atoms with Crippen LogP contribution in [0.2, 0.25) is 0 Å². The molecule has 2 aromatic carbocycles. The third kappa shape index (κ3) is 17.8. The topological polar surface area (TPSA) is 71.2 Å². The molecule has 0 atom stereocenters. The standard InChI is InChI=1S/C46H78N6O2/c1-7-9-11-13-15-17-19-21-35-51(45(53)47-41-27-31-43(32-28-41)49(3)4)37-39-23-25-40(26-24-39)38-52(36-22-20-18-16-14-12-10-8-2)46(54)48-42-29-33-44(34-30-42)50(5)6/h27-34,39-40H,7-26,35-38H2,1-6H3,(H,47,53)(H,48,54). The molecule has 2 N–H and O–H groups in total. The van der Waals surface area contributed by atoms with Gasteiger partial charge in [0.05, 0.1) is 0 Å². The largest absolute Gasteiger partial charge is 0.378 e. The first-order valence-electron chi connectivity index (χ1n) is 21.9. The predicted octanol–water partition coefficient (Wildman–Crippen LogP) is 12.3. The SMILES string of the molecule is CCCCCCCCCCN(CC1CCC(CN(CCCCCCCCCC)C(=O)Nc2ccc(N(C)C)cc2)CC1)C(=O)Nc1ccc(N(C)C)cc1. The average molecular weight is 747 g/mol. The molecule has 0 unspecified atom stereocenters. The molecule has 2 aromatic rings. The van der Waals surface area contributed by atoms with Gasteiger partial charge >= 0.3 is 12.1 Å². The lowest BCUT2D eigenvalue weighted by Crippen LogP contribution is -2.42. The van der Waals surface area contributed by atoms with Crippen molar-refractivity contribution in [3.05, 3.63) is 48.5 Å². The number of hydrogen-bond acceptors (Lipinski definition) is 4. The van der Waals surface area contributed by atoms with E-state index in [-0.39, 0.29) is 12.1 Å². The third-order valence-corrected chi connectivity index (χ3v) is 11.3. The molecule has 1 saturated carbocycles. The fourth-order valence-electron chi connectivity index (χ4n) is 7.74.